The van der Waals surface area contributed by atoms with E-state index in [0.29, 0.717) is 19.4 Å². The number of ketones is 1. The Morgan fingerprint density at radius 2 is 1.87 bits per heavy atom. The van der Waals surface area contributed by atoms with Gasteiger partial charge in [0.1, 0.15) is 11.4 Å². The number of ether oxygens (including phenoxy) is 2. The van der Waals surface area contributed by atoms with Crippen LogP contribution in [0.3, 0.4) is 0 Å². The Morgan fingerprint density at radius 1 is 1.22 bits per heavy atom. The van der Waals surface area contributed by atoms with E-state index in [-0.39, 0.29) is 11.8 Å². The van der Waals surface area contributed by atoms with E-state index in [9.17, 15) is 9.59 Å². The molecule has 0 bridgehead atoms. The lowest BCUT2D eigenvalue weighted by Crippen LogP contribution is -2.43. The van der Waals surface area contributed by atoms with Crippen LogP contribution in [0, 0.1) is 0 Å². The van der Waals surface area contributed by atoms with Crippen molar-refractivity contribution in [3.63, 3.8) is 0 Å². The Bertz CT molecular complexity index is 559. The average molecular weight is 319 g/mol. The molecular weight excluding hydrogens is 294 g/mol. The predicted molar refractivity (Wildman–Crippen MR) is 87.7 cm³/mol. The Labute approximate surface area is 137 Å². The van der Waals surface area contributed by atoms with E-state index >= 15 is 0 Å². The fraction of sp³-hybridized carbons (Fsp3) is 0.556. The fourth-order valence-corrected chi connectivity index (χ4v) is 2.70. The van der Waals surface area contributed by atoms with E-state index < -0.39 is 11.7 Å². The van der Waals surface area contributed by atoms with E-state index in [1.165, 1.54) is 0 Å². The van der Waals surface area contributed by atoms with E-state index in [0.717, 1.165) is 17.7 Å². The highest BCUT2D eigenvalue weighted by molar-refractivity contribution is 5.89. The number of hydrogen-bond acceptors (Lipinski definition) is 4. The molecule has 0 N–H and O–H groups in total. The molecule has 5 heteroatoms. The first-order valence-electron chi connectivity index (χ1n) is 7.95. The molecule has 0 aromatic heterocycles. The summed E-state index contributed by atoms with van der Waals surface area (Å²) < 4.78 is 10.5. The van der Waals surface area contributed by atoms with Crippen molar-refractivity contribution in [1.82, 2.24) is 4.90 Å². The molecule has 1 saturated heterocycles. The molecule has 23 heavy (non-hydrogen) atoms. The molecule has 1 aromatic carbocycles. The quantitative estimate of drug-likeness (QED) is 0.855. The maximum Gasteiger partial charge on any atom is 0.410 e. The number of Topliss-reactive ketones (excluding diaryl/α,β-unsaturated/α-hetero) is 1. The van der Waals surface area contributed by atoms with Crippen LogP contribution in [0.4, 0.5) is 4.79 Å². The van der Waals surface area contributed by atoms with Gasteiger partial charge in [-0.15, -0.1) is 0 Å². The molecule has 1 atom stereocenters. The number of methoxy groups -OCH3 is 1. The van der Waals surface area contributed by atoms with Crippen LogP contribution in [-0.2, 0) is 16.0 Å². The van der Waals surface area contributed by atoms with Gasteiger partial charge in [0.05, 0.1) is 13.2 Å². The van der Waals surface area contributed by atoms with Crippen LogP contribution in [0.25, 0.3) is 0 Å². The highest BCUT2D eigenvalue weighted by Crippen LogP contribution is 2.23. The fourth-order valence-electron chi connectivity index (χ4n) is 2.70. The Kier molecular flexibility index (Phi) is 5.29. The van der Waals surface area contributed by atoms with Gasteiger partial charge in [0.2, 0.25) is 0 Å². The largest absolute Gasteiger partial charge is 0.497 e. The van der Waals surface area contributed by atoms with Crippen molar-refractivity contribution in [2.75, 3.05) is 13.7 Å². The second-order valence-electron chi connectivity index (χ2n) is 6.82. The van der Waals surface area contributed by atoms with Gasteiger partial charge < -0.3 is 9.47 Å². The van der Waals surface area contributed by atoms with Gasteiger partial charge in [-0.05, 0) is 51.3 Å². The topological polar surface area (TPSA) is 55.8 Å². The molecule has 0 aliphatic carbocycles. The molecule has 0 unspecified atom stereocenters. The van der Waals surface area contributed by atoms with Crippen molar-refractivity contribution < 1.29 is 19.1 Å². The standard InChI is InChI=1S/C18H25NO4/c1-18(2,3)23-17(21)19-11-5-6-15(19)16(20)12-13-7-9-14(22-4)10-8-13/h7-10,15H,5-6,11-12H2,1-4H3/t15-/m0/s1. The molecule has 1 aliphatic rings. The van der Waals surface area contributed by atoms with Crippen LogP contribution in [0.1, 0.15) is 39.2 Å². The molecule has 1 amide bonds. The summed E-state index contributed by atoms with van der Waals surface area (Å²) in [6, 6.07) is 7.05. The van der Waals surface area contributed by atoms with Gasteiger partial charge in [0.15, 0.2) is 5.78 Å². The molecule has 1 aliphatic heterocycles. The highest BCUT2D eigenvalue weighted by atomic mass is 16.6. The second kappa shape index (κ2) is 7.02. The summed E-state index contributed by atoms with van der Waals surface area (Å²) in [5.74, 6) is 0.816. The van der Waals surface area contributed by atoms with Crippen molar-refractivity contribution in [2.45, 2.75) is 51.7 Å². The minimum Gasteiger partial charge on any atom is -0.497 e. The lowest BCUT2D eigenvalue weighted by molar-refractivity contribution is -0.122. The number of amides is 1. The van der Waals surface area contributed by atoms with E-state index in [4.69, 9.17) is 9.47 Å². The molecule has 5 nitrogen and oxygen atoms in total. The number of benzene rings is 1. The lowest BCUT2D eigenvalue weighted by atomic mass is 10.0. The maximum absolute atomic E-state index is 12.6. The van der Waals surface area contributed by atoms with Crippen molar-refractivity contribution in [3.05, 3.63) is 29.8 Å². The van der Waals surface area contributed by atoms with Crippen molar-refractivity contribution in [1.29, 1.82) is 0 Å². The SMILES string of the molecule is COc1ccc(CC(=O)[C@@H]2CCCN2C(=O)OC(C)(C)C)cc1. The van der Waals surface area contributed by atoms with Gasteiger partial charge in [0.25, 0.3) is 0 Å². The molecule has 1 aromatic rings. The summed E-state index contributed by atoms with van der Waals surface area (Å²) in [5, 5.41) is 0. The van der Waals surface area contributed by atoms with Gasteiger partial charge in [-0.25, -0.2) is 4.79 Å². The van der Waals surface area contributed by atoms with E-state index in [2.05, 4.69) is 0 Å². The third kappa shape index (κ3) is 4.71. The Balaban J connectivity index is 2.00. The molecule has 0 saturated carbocycles. The molecule has 1 heterocycles. The second-order valence-corrected chi connectivity index (χ2v) is 6.82. The highest BCUT2D eigenvalue weighted by Gasteiger charge is 2.36. The zero-order chi connectivity index (χ0) is 17.0. The zero-order valence-electron chi connectivity index (χ0n) is 14.3. The normalized spacial score (nSPS) is 17.9. The van der Waals surface area contributed by atoms with Crippen LogP contribution in [0.5, 0.6) is 5.75 Å². The van der Waals surface area contributed by atoms with Gasteiger partial charge in [-0.2, -0.15) is 0 Å². The third-order valence-electron chi connectivity index (χ3n) is 3.79. The van der Waals surface area contributed by atoms with Crippen molar-refractivity contribution >= 4 is 11.9 Å². The van der Waals surface area contributed by atoms with Gasteiger partial charge in [-0.1, -0.05) is 12.1 Å². The minimum atomic E-state index is -0.552. The Hall–Kier alpha value is -2.04. The summed E-state index contributed by atoms with van der Waals surface area (Å²) in [4.78, 5) is 26.4. The number of nitrogens with zero attached hydrogens (tertiary/aromatic N) is 1. The molecule has 0 spiro atoms. The zero-order valence-corrected chi connectivity index (χ0v) is 14.3. The molecule has 2 rings (SSSR count). The summed E-state index contributed by atoms with van der Waals surface area (Å²) in [6.07, 6.45) is 1.45. The first-order valence-corrected chi connectivity index (χ1v) is 7.95. The van der Waals surface area contributed by atoms with E-state index in [1.807, 2.05) is 45.0 Å². The smallest absolute Gasteiger partial charge is 0.410 e. The van der Waals surface area contributed by atoms with Gasteiger partial charge in [0, 0.05) is 13.0 Å². The maximum atomic E-state index is 12.6. The summed E-state index contributed by atoms with van der Waals surface area (Å²) in [6.45, 7) is 6.06. The number of carbonyl (C=O) groups is 2. The monoisotopic (exact) mass is 319 g/mol. The molecular formula is C18H25NO4. The summed E-state index contributed by atoms with van der Waals surface area (Å²) in [5.41, 5.74) is 0.371. The number of likely N-dealkylation sites (tertiary alicyclic amines) is 1. The summed E-state index contributed by atoms with van der Waals surface area (Å²) in [7, 11) is 1.61. The number of rotatable bonds is 4. The van der Waals surface area contributed by atoms with Gasteiger partial charge >= 0.3 is 6.09 Å². The van der Waals surface area contributed by atoms with E-state index in [1.54, 1.807) is 12.0 Å². The lowest BCUT2D eigenvalue weighted by Gasteiger charge is -2.28. The minimum absolute atomic E-state index is 0.0542. The van der Waals surface area contributed by atoms with Crippen LogP contribution in [0.2, 0.25) is 0 Å². The Morgan fingerprint density at radius 3 is 2.43 bits per heavy atom. The van der Waals surface area contributed by atoms with Crippen LogP contribution < -0.4 is 4.74 Å². The summed E-state index contributed by atoms with van der Waals surface area (Å²) >= 11 is 0. The predicted octanol–water partition coefficient (Wildman–Crippen LogP) is 3.21. The number of hydrogen-bond donors (Lipinski definition) is 0. The molecule has 126 valence electrons. The van der Waals surface area contributed by atoms with Crippen LogP contribution >= 0.6 is 0 Å². The number of carbonyl (C=O) groups excluding carboxylic acids is 2. The van der Waals surface area contributed by atoms with Crippen LogP contribution in [-0.4, -0.2) is 42.1 Å². The first kappa shape index (κ1) is 17.3. The average Bonchev–Trinajstić information content (AvgIpc) is 2.96. The van der Waals surface area contributed by atoms with Crippen LogP contribution in [0.15, 0.2) is 24.3 Å². The van der Waals surface area contributed by atoms with Gasteiger partial charge in [-0.3, -0.25) is 9.69 Å². The molecule has 1 fully saturated rings. The first-order chi connectivity index (χ1) is 10.8. The molecule has 0 radical (unpaired) electrons. The van der Waals surface area contributed by atoms with Crippen molar-refractivity contribution in [3.8, 4) is 5.75 Å². The van der Waals surface area contributed by atoms with Crippen molar-refractivity contribution in [2.24, 2.45) is 0 Å². The third-order valence-corrected chi connectivity index (χ3v) is 3.79.